The maximum Gasteiger partial charge on any atom is 0.319 e. The molecule has 0 bridgehead atoms. The molecule has 0 aromatic heterocycles. The number of rotatable bonds is 8. The molecule has 1 saturated carbocycles. The number of methoxy groups -OCH3 is 2. The zero-order valence-electron chi connectivity index (χ0n) is 16.5. The number of ether oxygens (including phenoxy) is 2. The van der Waals surface area contributed by atoms with Crippen LogP contribution in [-0.2, 0) is 0 Å². The van der Waals surface area contributed by atoms with Gasteiger partial charge in [0.15, 0.2) is 11.5 Å². The largest absolute Gasteiger partial charge is 0.493 e. The molecule has 0 spiro atoms. The first-order valence-electron chi connectivity index (χ1n) is 9.10. The molecule has 2 N–H and O–H groups in total. The van der Waals surface area contributed by atoms with Gasteiger partial charge in [-0.2, -0.15) is 11.8 Å². The number of nitrogens with one attached hydrogen (secondary N) is 2. The summed E-state index contributed by atoms with van der Waals surface area (Å²) in [6.07, 6.45) is 5.18. The van der Waals surface area contributed by atoms with Crippen LogP contribution in [0.25, 0.3) is 0 Å². The number of carbonyl (C=O) groups excluding carboxylic acids is 2. The van der Waals surface area contributed by atoms with Gasteiger partial charge in [-0.1, -0.05) is 12.8 Å². The third-order valence-electron chi connectivity index (χ3n) is 4.45. The molecule has 7 nitrogen and oxygen atoms in total. The summed E-state index contributed by atoms with van der Waals surface area (Å²) in [5.41, 5.74) is 0.723. The van der Waals surface area contributed by atoms with Gasteiger partial charge in [0.25, 0.3) is 5.91 Å². The van der Waals surface area contributed by atoms with E-state index in [0.717, 1.165) is 11.0 Å². The molecular weight excluding hydrogens is 366 g/mol. The van der Waals surface area contributed by atoms with Crippen LogP contribution < -0.4 is 20.1 Å². The van der Waals surface area contributed by atoms with Gasteiger partial charge < -0.3 is 25.0 Å². The zero-order valence-corrected chi connectivity index (χ0v) is 17.3. The second-order valence-corrected chi connectivity index (χ2v) is 8.02. The summed E-state index contributed by atoms with van der Waals surface area (Å²) in [5, 5.41) is 6.33. The molecule has 0 saturated heterocycles. The number of hydrogen-bond acceptors (Lipinski definition) is 5. The molecule has 3 amide bonds. The Labute approximate surface area is 165 Å². The Morgan fingerprint density at radius 1 is 1.15 bits per heavy atom. The van der Waals surface area contributed by atoms with Crippen molar-refractivity contribution in [1.82, 2.24) is 10.2 Å². The first kappa shape index (κ1) is 21.2. The van der Waals surface area contributed by atoms with E-state index in [0.29, 0.717) is 29.3 Å². The molecule has 0 heterocycles. The monoisotopic (exact) mass is 395 g/mol. The molecule has 150 valence electrons. The Hall–Kier alpha value is -2.09. The van der Waals surface area contributed by atoms with Gasteiger partial charge in [0.05, 0.1) is 25.5 Å². The summed E-state index contributed by atoms with van der Waals surface area (Å²) in [6, 6.07) is 2.83. The smallest absolute Gasteiger partial charge is 0.319 e. The fourth-order valence-corrected chi connectivity index (χ4v) is 4.23. The van der Waals surface area contributed by atoms with Gasteiger partial charge >= 0.3 is 6.03 Å². The van der Waals surface area contributed by atoms with Crippen LogP contribution in [0, 0.1) is 0 Å². The third-order valence-corrected chi connectivity index (χ3v) is 5.83. The van der Waals surface area contributed by atoms with Gasteiger partial charge in [-0.3, -0.25) is 4.79 Å². The predicted octanol–water partition coefficient (Wildman–Crippen LogP) is 3.20. The van der Waals surface area contributed by atoms with Crippen molar-refractivity contribution in [3.8, 4) is 11.5 Å². The standard InChI is InChI=1S/C19H29N3O4S/c1-22(2)18(23)14-11-16(25-3)17(26-4)12-15(14)21-19(24)20-9-10-27-13-7-5-6-8-13/h11-13H,5-10H2,1-4H3,(H2,20,21,24). The second-order valence-electron chi connectivity index (χ2n) is 6.61. The molecule has 1 aliphatic carbocycles. The van der Waals surface area contributed by atoms with E-state index in [-0.39, 0.29) is 11.9 Å². The Kier molecular flexibility index (Phi) is 8.09. The van der Waals surface area contributed by atoms with Crippen molar-refractivity contribution in [3.05, 3.63) is 17.7 Å². The lowest BCUT2D eigenvalue weighted by atomic mass is 10.1. The van der Waals surface area contributed by atoms with E-state index in [1.807, 2.05) is 11.8 Å². The Morgan fingerprint density at radius 2 is 1.78 bits per heavy atom. The lowest BCUT2D eigenvalue weighted by Gasteiger charge is -2.18. The minimum absolute atomic E-state index is 0.233. The highest BCUT2D eigenvalue weighted by molar-refractivity contribution is 7.99. The van der Waals surface area contributed by atoms with Crippen LogP contribution >= 0.6 is 11.8 Å². The van der Waals surface area contributed by atoms with E-state index in [2.05, 4.69) is 10.6 Å². The summed E-state index contributed by atoms with van der Waals surface area (Å²) < 4.78 is 10.6. The number of amides is 3. The molecule has 0 aliphatic heterocycles. The molecule has 1 fully saturated rings. The van der Waals surface area contributed by atoms with Gasteiger partial charge in [0.1, 0.15) is 0 Å². The minimum Gasteiger partial charge on any atom is -0.493 e. The summed E-state index contributed by atoms with van der Waals surface area (Å²) >= 11 is 1.92. The van der Waals surface area contributed by atoms with E-state index in [4.69, 9.17) is 9.47 Å². The number of urea groups is 1. The van der Waals surface area contributed by atoms with Gasteiger partial charge in [-0.05, 0) is 18.9 Å². The minimum atomic E-state index is -0.345. The maximum absolute atomic E-state index is 12.5. The average molecular weight is 396 g/mol. The number of benzene rings is 1. The van der Waals surface area contributed by atoms with Crippen molar-refractivity contribution in [2.24, 2.45) is 0 Å². The van der Waals surface area contributed by atoms with Crippen LogP contribution in [0.15, 0.2) is 12.1 Å². The van der Waals surface area contributed by atoms with E-state index in [9.17, 15) is 9.59 Å². The normalized spacial score (nSPS) is 13.9. The summed E-state index contributed by atoms with van der Waals surface area (Å²) in [4.78, 5) is 26.2. The second kappa shape index (κ2) is 10.3. The number of thioether (sulfide) groups is 1. The van der Waals surface area contributed by atoms with Crippen molar-refractivity contribution in [1.29, 1.82) is 0 Å². The number of nitrogens with zero attached hydrogens (tertiary/aromatic N) is 1. The molecule has 2 rings (SSSR count). The van der Waals surface area contributed by atoms with Crippen LogP contribution in [0.2, 0.25) is 0 Å². The highest BCUT2D eigenvalue weighted by Crippen LogP contribution is 2.34. The van der Waals surface area contributed by atoms with Gasteiger partial charge in [0.2, 0.25) is 0 Å². The van der Waals surface area contributed by atoms with Gasteiger partial charge in [-0.15, -0.1) is 0 Å². The average Bonchev–Trinajstić information content (AvgIpc) is 3.17. The molecule has 8 heteroatoms. The Morgan fingerprint density at radius 3 is 2.37 bits per heavy atom. The molecule has 1 aromatic rings. The van der Waals surface area contributed by atoms with E-state index in [1.165, 1.54) is 44.8 Å². The Bertz CT molecular complexity index is 661. The SMILES string of the molecule is COc1cc(NC(=O)NCCSC2CCCC2)c(C(=O)N(C)C)cc1OC. The van der Waals surface area contributed by atoms with Crippen molar-refractivity contribution in [2.45, 2.75) is 30.9 Å². The van der Waals surface area contributed by atoms with Crippen molar-refractivity contribution in [2.75, 3.05) is 45.9 Å². The van der Waals surface area contributed by atoms with Crippen molar-refractivity contribution >= 4 is 29.4 Å². The molecular formula is C19H29N3O4S. The zero-order chi connectivity index (χ0) is 19.8. The first-order chi connectivity index (χ1) is 13.0. The predicted molar refractivity (Wildman–Crippen MR) is 109 cm³/mol. The summed E-state index contributed by atoms with van der Waals surface area (Å²) in [7, 11) is 6.32. The molecule has 1 aromatic carbocycles. The fourth-order valence-electron chi connectivity index (χ4n) is 3.01. The van der Waals surface area contributed by atoms with E-state index in [1.54, 1.807) is 26.2 Å². The first-order valence-corrected chi connectivity index (χ1v) is 10.1. The highest BCUT2D eigenvalue weighted by atomic mass is 32.2. The lowest BCUT2D eigenvalue weighted by molar-refractivity contribution is 0.0828. The molecule has 1 aliphatic rings. The molecule has 27 heavy (non-hydrogen) atoms. The molecule has 0 radical (unpaired) electrons. The van der Waals surface area contributed by atoms with Gasteiger partial charge in [0, 0.05) is 37.7 Å². The molecule has 0 atom stereocenters. The van der Waals surface area contributed by atoms with Crippen LogP contribution in [0.3, 0.4) is 0 Å². The van der Waals surface area contributed by atoms with Crippen LogP contribution in [0.1, 0.15) is 36.0 Å². The number of anilines is 1. The topological polar surface area (TPSA) is 79.9 Å². The Balaban J connectivity index is 2.01. The maximum atomic E-state index is 12.5. The van der Waals surface area contributed by atoms with Crippen molar-refractivity contribution in [3.63, 3.8) is 0 Å². The number of carbonyl (C=O) groups is 2. The van der Waals surface area contributed by atoms with Crippen LogP contribution in [0.5, 0.6) is 11.5 Å². The van der Waals surface area contributed by atoms with Crippen molar-refractivity contribution < 1.29 is 19.1 Å². The summed E-state index contributed by atoms with van der Waals surface area (Å²) in [5.74, 6) is 1.53. The van der Waals surface area contributed by atoms with E-state index >= 15 is 0 Å². The number of hydrogen-bond donors (Lipinski definition) is 2. The quantitative estimate of drug-likeness (QED) is 0.661. The fraction of sp³-hybridized carbons (Fsp3) is 0.579. The summed E-state index contributed by atoms with van der Waals surface area (Å²) in [6.45, 7) is 0.581. The highest BCUT2D eigenvalue weighted by Gasteiger charge is 2.20. The van der Waals surface area contributed by atoms with Crippen LogP contribution in [-0.4, -0.2) is 62.7 Å². The van der Waals surface area contributed by atoms with Gasteiger partial charge in [-0.25, -0.2) is 4.79 Å². The van der Waals surface area contributed by atoms with E-state index < -0.39 is 0 Å². The van der Waals surface area contributed by atoms with Crippen LogP contribution in [0.4, 0.5) is 10.5 Å². The third kappa shape index (κ3) is 5.95. The molecule has 0 unspecified atom stereocenters. The lowest BCUT2D eigenvalue weighted by Crippen LogP contribution is -2.32.